The van der Waals surface area contributed by atoms with E-state index in [4.69, 9.17) is 4.52 Å². The van der Waals surface area contributed by atoms with Gasteiger partial charge in [-0.3, -0.25) is 4.79 Å². The lowest BCUT2D eigenvalue weighted by atomic mass is 9.78. The molecule has 5 nitrogen and oxygen atoms in total. The van der Waals surface area contributed by atoms with Gasteiger partial charge in [0.05, 0.1) is 0 Å². The molecule has 1 aliphatic carbocycles. The van der Waals surface area contributed by atoms with Crippen LogP contribution in [-0.4, -0.2) is 29.0 Å². The van der Waals surface area contributed by atoms with Gasteiger partial charge in [0.1, 0.15) is 5.78 Å². The van der Waals surface area contributed by atoms with Gasteiger partial charge in [-0.15, -0.1) is 0 Å². The first kappa shape index (κ1) is 8.88. The van der Waals surface area contributed by atoms with E-state index in [-0.39, 0.29) is 5.41 Å². The zero-order valence-electron chi connectivity index (χ0n) is 8.69. The highest BCUT2D eigenvalue weighted by atomic mass is 16.5. The fourth-order valence-electron chi connectivity index (χ4n) is 2.58. The number of hydrogen-bond acceptors (Lipinski definition) is 5. The molecule has 1 saturated carbocycles. The van der Waals surface area contributed by atoms with Crippen molar-refractivity contribution in [2.45, 2.75) is 26.2 Å². The van der Waals surface area contributed by atoms with Crippen LogP contribution in [0.15, 0.2) is 4.52 Å². The van der Waals surface area contributed by atoms with E-state index in [0.717, 1.165) is 32.4 Å². The second-order valence-electron chi connectivity index (χ2n) is 4.70. The van der Waals surface area contributed by atoms with Crippen LogP contribution >= 0.6 is 0 Å². The molecule has 1 aliphatic heterocycles. The van der Waals surface area contributed by atoms with Crippen molar-refractivity contribution >= 4 is 11.8 Å². The Balaban J connectivity index is 1.69. The van der Waals surface area contributed by atoms with E-state index in [2.05, 4.69) is 15.0 Å². The molecule has 0 N–H and O–H groups in total. The van der Waals surface area contributed by atoms with Gasteiger partial charge in [-0.1, -0.05) is 5.16 Å². The number of ketones is 1. The molecule has 1 aromatic heterocycles. The number of rotatable bonds is 1. The minimum atomic E-state index is 0.222. The fourth-order valence-corrected chi connectivity index (χ4v) is 2.58. The van der Waals surface area contributed by atoms with Gasteiger partial charge in [0.25, 0.3) is 0 Å². The second kappa shape index (κ2) is 2.81. The molecule has 0 bridgehead atoms. The summed E-state index contributed by atoms with van der Waals surface area (Å²) in [6.07, 6.45) is 2.50. The van der Waals surface area contributed by atoms with Crippen LogP contribution in [0.4, 0.5) is 6.01 Å². The quantitative estimate of drug-likeness (QED) is 0.685. The molecular weight excluding hydrogens is 194 g/mol. The second-order valence-corrected chi connectivity index (χ2v) is 4.70. The largest absolute Gasteiger partial charge is 0.324 e. The average molecular weight is 207 g/mol. The molecule has 0 radical (unpaired) electrons. The topological polar surface area (TPSA) is 59.2 Å². The maximum absolute atomic E-state index is 11.2. The SMILES string of the molecule is Cc1noc(N2CC3(CCC(=O)C3)C2)n1. The molecule has 15 heavy (non-hydrogen) atoms. The molecule has 2 heterocycles. The third-order valence-electron chi connectivity index (χ3n) is 3.35. The van der Waals surface area contributed by atoms with Crippen LogP contribution < -0.4 is 4.90 Å². The molecule has 80 valence electrons. The summed E-state index contributed by atoms with van der Waals surface area (Å²) in [6.45, 7) is 3.59. The van der Waals surface area contributed by atoms with Gasteiger partial charge in [-0.25, -0.2) is 0 Å². The van der Waals surface area contributed by atoms with E-state index in [0.29, 0.717) is 17.6 Å². The molecule has 1 aromatic rings. The van der Waals surface area contributed by atoms with Crippen molar-refractivity contribution in [2.75, 3.05) is 18.0 Å². The van der Waals surface area contributed by atoms with E-state index in [1.807, 2.05) is 6.92 Å². The minimum Gasteiger partial charge on any atom is -0.323 e. The van der Waals surface area contributed by atoms with Crippen molar-refractivity contribution in [1.29, 1.82) is 0 Å². The van der Waals surface area contributed by atoms with Crippen LogP contribution in [0, 0.1) is 12.3 Å². The summed E-state index contributed by atoms with van der Waals surface area (Å²) in [6, 6.07) is 0.595. The normalized spacial score (nSPS) is 23.5. The Hall–Kier alpha value is -1.39. The van der Waals surface area contributed by atoms with Gasteiger partial charge in [0, 0.05) is 31.3 Å². The maximum atomic E-state index is 11.2. The Morgan fingerprint density at radius 3 is 2.80 bits per heavy atom. The van der Waals surface area contributed by atoms with Crippen molar-refractivity contribution in [2.24, 2.45) is 5.41 Å². The maximum Gasteiger partial charge on any atom is 0.324 e. The van der Waals surface area contributed by atoms with E-state index >= 15 is 0 Å². The Labute approximate surface area is 87.4 Å². The Morgan fingerprint density at radius 2 is 2.27 bits per heavy atom. The summed E-state index contributed by atoms with van der Waals surface area (Å²) in [7, 11) is 0. The van der Waals surface area contributed by atoms with Gasteiger partial charge in [0.15, 0.2) is 5.82 Å². The van der Waals surface area contributed by atoms with E-state index in [1.165, 1.54) is 0 Å². The fraction of sp³-hybridized carbons (Fsp3) is 0.700. The predicted octanol–water partition coefficient (Wildman–Crippen LogP) is 0.937. The number of anilines is 1. The van der Waals surface area contributed by atoms with Crippen molar-refractivity contribution in [3.63, 3.8) is 0 Å². The Morgan fingerprint density at radius 1 is 1.47 bits per heavy atom. The predicted molar refractivity (Wildman–Crippen MR) is 52.5 cm³/mol. The monoisotopic (exact) mass is 207 g/mol. The van der Waals surface area contributed by atoms with Crippen molar-refractivity contribution in [1.82, 2.24) is 10.1 Å². The first-order valence-electron chi connectivity index (χ1n) is 5.24. The van der Waals surface area contributed by atoms with E-state index < -0.39 is 0 Å². The first-order valence-corrected chi connectivity index (χ1v) is 5.24. The van der Waals surface area contributed by atoms with Crippen LogP contribution in [0.3, 0.4) is 0 Å². The lowest BCUT2D eigenvalue weighted by molar-refractivity contribution is -0.118. The number of carbonyl (C=O) groups excluding carboxylic acids is 1. The molecule has 1 spiro atoms. The van der Waals surface area contributed by atoms with Crippen LogP contribution in [0.25, 0.3) is 0 Å². The molecule has 0 unspecified atom stereocenters. The molecule has 0 aromatic carbocycles. The summed E-state index contributed by atoms with van der Waals surface area (Å²) >= 11 is 0. The van der Waals surface area contributed by atoms with Gasteiger partial charge < -0.3 is 9.42 Å². The van der Waals surface area contributed by atoms with Crippen molar-refractivity contribution in [3.05, 3.63) is 5.82 Å². The zero-order valence-corrected chi connectivity index (χ0v) is 8.69. The molecule has 2 aliphatic rings. The highest BCUT2D eigenvalue weighted by molar-refractivity contribution is 5.82. The van der Waals surface area contributed by atoms with Gasteiger partial charge in [-0.2, -0.15) is 4.98 Å². The average Bonchev–Trinajstić information content (AvgIpc) is 2.69. The number of nitrogens with zero attached hydrogens (tertiary/aromatic N) is 3. The minimum absolute atomic E-state index is 0.222. The third-order valence-corrected chi connectivity index (χ3v) is 3.35. The summed E-state index contributed by atoms with van der Waals surface area (Å²) < 4.78 is 5.08. The summed E-state index contributed by atoms with van der Waals surface area (Å²) in [5.41, 5.74) is 0.222. The smallest absolute Gasteiger partial charge is 0.323 e. The Kier molecular flexibility index (Phi) is 1.66. The van der Waals surface area contributed by atoms with Crippen LogP contribution in [-0.2, 0) is 4.79 Å². The molecule has 0 amide bonds. The van der Waals surface area contributed by atoms with Gasteiger partial charge >= 0.3 is 6.01 Å². The van der Waals surface area contributed by atoms with Gasteiger partial charge in [0.2, 0.25) is 0 Å². The summed E-state index contributed by atoms with van der Waals surface area (Å²) in [4.78, 5) is 17.5. The molecular formula is C10H13N3O2. The lowest BCUT2D eigenvalue weighted by Crippen LogP contribution is -2.55. The van der Waals surface area contributed by atoms with Crippen molar-refractivity contribution in [3.8, 4) is 0 Å². The van der Waals surface area contributed by atoms with E-state index in [9.17, 15) is 4.79 Å². The van der Waals surface area contributed by atoms with Crippen molar-refractivity contribution < 1.29 is 9.32 Å². The number of aromatic nitrogens is 2. The van der Waals surface area contributed by atoms with Crippen LogP contribution in [0.5, 0.6) is 0 Å². The number of aryl methyl sites for hydroxylation is 1. The lowest BCUT2D eigenvalue weighted by Gasteiger charge is -2.46. The van der Waals surface area contributed by atoms with Crippen LogP contribution in [0.1, 0.15) is 25.1 Å². The molecule has 5 heteroatoms. The number of hydrogen-bond donors (Lipinski definition) is 0. The molecule has 1 saturated heterocycles. The summed E-state index contributed by atoms with van der Waals surface area (Å²) in [5, 5.41) is 3.75. The number of Topliss-reactive ketones (excluding diaryl/α,β-unsaturated/α-hetero) is 1. The van der Waals surface area contributed by atoms with E-state index in [1.54, 1.807) is 0 Å². The molecule has 2 fully saturated rings. The standard InChI is InChI=1S/C10H13N3O2/c1-7-11-9(15-12-7)13-5-10(6-13)3-2-8(14)4-10/h2-6H2,1H3. The molecule has 0 atom stereocenters. The molecule has 3 rings (SSSR count). The third kappa shape index (κ3) is 1.33. The Bertz CT molecular complexity index is 407. The van der Waals surface area contributed by atoms with Gasteiger partial charge in [-0.05, 0) is 13.3 Å². The number of carbonyl (C=O) groups is 1. The highest BCUT2D eigenvalue weighted by Crippen LogP contribution is 2.45. The highest BCUT2D eigenvalue weighted by Gasteiger charge is 2.49. The zero-order chi connectivity index (χ0) is 10.5. The van der Waals surface area contributed by atoms with Crippen LogP contribution in [0.2, 0.25) is 0 Å². The summed E-state index contributed by atoms with van der Waals surface area (Å²) in [5.74, 6) is 1.06. The first-order chi connectivity index (χ1) is 7.17.